The minimum atomic E-state index is -0.218. The molecule has 114 valence electrons. The fourth-order valence-corrected chi connectivity index (χ4v) is 2.07. The maximum atomic E-state index is 11.8. The second-order valence-corrected chi connectivity index (χ2v) is 5.54. The van der Waals surface area contributed by atoms with E-state index in [1.807, 2.05) is 32.9 Å². The number of aromatic nitrogens is 2. The molecule has 2 aromatic rings. The van der Waals surface area contributed by atoms with Crippen LogP contribution in [0, 0.1) is 0 Å². The first-order valence-electron chi connectivity index (χ1n) is 7.05. The van der Waals surface area contributed by atoms with Crippen molar-refractivity contribution in [1.82, 2.24) is 15.3 Å². The fraction of sp³-hybridized carbons (Fsp3) is 0.467. The molecule has 0 bridgehead atoms. The number of carbonyl (C=O) groups excluding carboxylic acids is 1. The number of hydrogen-bond acceptors (Lipinski definition) is 3. The quantitative estimate of drug-likeness (QED) is 0.861. The zero-order valence-electron chi connectivity index (χ0n) is 12.4. The van der Waals surface area contributed by atoms with E-state index in [2.05, 4.69) is 15.3 Å². The Morgan fingerprint density at radius 1 is 1.48 bits per heavy atom. The van der Waals surface area contributed by atoms with Gasteiger partial charge in [0.1, 0.15) is 12.4 Å². The van der Waals surface area contributed by atoms with E-state index in [4.69, 9.17) is 16.3 Å². The maximum Gasteiger partial charge on any atom is 0.246 e. The number of nitrogens with zero attached hydrogens (tertiary/aromatic N) is 1. The molecule has 5 nitrogen and oxygen atoms in total. The van der Waals surface area contributed by atoms with Crippen LogP contribution in [-0.2, 0) is 9.53 Å². The number of aromatic amines is 1. The highest BCUT2D eigenvalue weighted by atomic mass is 35.5. The van der Waals surface area contributed by atoms with Gasteiger partial charge in [0.05, 0.1) is 23.2 Å². The second kappa shape index (κ2) is 6.91. The van der Waals surface area contributed by atoms with Crippen LogP contribution in [0.15, 0.2) is 18.2 Å². The monoisotopic (exact) mass is 309 g/mol. The van der Waals surface area contributed by atoms with Crippen LogP contribution in [0.3, 0.4) is 0 Å². The molecular weight excluding hydrogens is 290 g/mol. The van der Waals surface area contributed by atoms with Gasteiger partial charge in [-0.1, -0.05) is 18.5 Å². The summed E-state index contributed by atoms with van der Waals surface area (Å²) in [6.07, 6.45) is 0.965. The molecule has 1 aromatic carbocycles. The van der Waals surface area contributed by atoms with Gasteiger partial charge in [0.15, 0.2) is 0 Å². The van der Waals surface area contributed by atoms with Gasteiger partial charge in [-0.25, -0.2) is 4.98 Å². The summed E-state index contributed by atoms with van der Waals surface area (Å²) < 4.78 is 5.40. The van der Waals surface area contributed by atoms with E-state index in [0.29, 0.717) is 10.8 Å². The van der Waals surface area contributed by atoms with E-state index in [1.54, 1.807) is 6.07 Å². The molecule has 1 amide bonds. The third-order valence-electron chi connectivity index (χ3n) is 3.32. The van der Waals surface area contributed by atoms with Gasteiger partial charge in [-0.15, -0.1) is 0 Å². The van der Waals surface area contributed by atoms with Crippen LogP contribution >= 0.6 is 11.6 Å². The lowest BCUT2D eigenvalue weighted by Gasteiger charge is -2.13. The summed E-state index contributed by atoms with van der Waals surface area (Å²) in [5.74, 6) is 0.547. The van der Waals surface area contributed by atoms with Gasteiger partial charge < -0.3 is 15.0 Å². The van der Waals surface area contributed by atoms with Crippen LogP contribution in [0.5, 0.6) is 0 Å². The SMILES string of the molecule is CC[C@H](C)OCC(=O)N[C@@H](C)c1nc2ccc(Cl)cc2[nH]1. The van der Waals surface area contributed by atoms with Gasteiger partial charge in [0.2, 0.25) is 5.91 Å². The van der Waals surface area contributed by atoms with Crippen LogP contribution < -0.4 is 5.32 Å². The van der Waals surface area contributed by atoms with Crippen molar-refractivity contribution in [3.8, 4) is 0 Å². The van der Waals surface area contributed by atoms with Crippen LogP contribution in [0.2, 0.25) is 5.02 Å². The summed E-state index contributed by atoms with van der Waals surface area (Å²) in [6.45, 7) is 5.90. The number of H-pyrrole nitrogens is 1. The molecule has 0 saturated heterocycles. The molecule has 1 heterocycles. The second-order valence-electron chi connectivity index (χ2n) is 5.10. The van der Waals surface area contributed by atoms with Gasteiger partial charge in [-0.05, 0) is 38.5 Å². The third-order valence-corrected chi connectivity index (χ3v) is 3.56. The molecule has 0 saturated carbocycles. The van der Waals surface area contributed by atoms with Gasteiger partial charge in [-0.3, -0.25) is 4.79 Å². The largest absolute Gasteiger partial charge is 0.369 e. The summed E-state index contributed by atoms with van der Waals surface area (Å²) in [6, 6.07) is 5.23. The smallest absolute Gasteiger partial charge is 0.246 e. The van der Waals surface area contributed by atoms with Crippen LogP contribution in [0.25, 0.3) is 11.0 Å². The maximum absolute atomic E-state index is 11.8. The van der Waals surface area contributed by atoms with Crippen molar-refractivity contribution in [3.05, 3.63) is 29.0 Å². The lowest BCUT2D eigenvalue weighted by molar-refractivity contribution is -0.128. The Kier molecular flexibility index (Phi) is 5.20. The number of benzene rings is 1. The van der Waals surface area contributed by atoms with Gasteiger partial charge in [0.25, 0.3) is 0 Å². The summed E-state index contributed by atoms with van der Waals surface area (Å²) in [7, 11) is 0. The topological polar surface area (TPSA) is 67.0 Å². The Morgan fingerprint density at radius 2 is 2.24 bits per heavy atom. The Morgan fingerprint density at radius 3 is 2.95 bits per heavy atom. The van der Waals surface area contributed by atoms with Crippen molar-refractivity contribution >= 4 is 28.5 Å². The van der Waals surface area contributed by atoms with Crippen LogP contribution in [0.4, 0.5) is 0 Å². The Balaban J connectivity index is 1.98. The zero-order valence-corrected chi connectivity index (χ0v) is 13.2. The molecule has 2 atom stereocenters. The van der Waals surface area contributed by atoms with Crippen molar-refractivity contribution in [2.75, 3.05) is 6.61 Å². The number of halogens is 1. The molecule has 0 aliphatic rings. The van der Waals surface area contributed by atoms with Gasteiger partial charge in [0, 0.05) is 5.02 Å². The van der Waals surface area contributed by atoms with Crippen molar-refractivity contribution in [2.45, 2.75) is 39.3 Å². The summed E-state index contributed by atoms with van der Waals surface area (Å²) in [5, 5.41) is 3.51. The van der Waals surface area contributed by atoms with Gasteiger partial charge in [-0.2, -0.15) is 0 Å². The molecule has 21 heavy (non-hydrogen) atoms. The van der Waals surface area contributed by atoms with Crippen molar-refractivity contribution < 1.29 is 9.53 Å². The highest BCUT2D eigenvalue weighted by molar-refractivity contribution is 6.31. The summed E-state index contributed by atoms with van der Waals surface area (Å²) in [4.78, 5) is 19.4. The molecule has 0 fully saturated rings. The molecule has 0 unspecified atom stereocenters. The predicted octanol–water partition coefficient (Wildman–Crippen LogP) is 3.21. The van der Waals surface area contributed by atoms with E-state index < -0.39 is 0 Å². The number of rotatable bonds is 6. The number of carbonyl (C=O) groups is 1. The Bertz CT molecular complexity index is 626. The molecule has 2 N–H and O–H groups in total. The number of fused-ring (bicyclic) bond motifs is 1. The summed E-state index contributed by atoms with van der Waals surface area (Å²) in [5.41, 5.74) is 1.68. The normalized spacial score (nSPS) is 14.1. The molecule has 0 aliphatic carbocycles. The van der Waals surface area contributed by atoms with Gasteiger partial charge >= 0.3 is 0 Å². The standard InChI is InChI=1S/C15H20ClN3O2/c1-4-9(2)21-8-14(20)17-10(3)15-18-12-6-5-11(16)7-13(12)19-15/h5-7,9-10H,4,8H2,1-3H3,(H,17,20)(H,18,19)/t9-,10-/m0/s1. The first-order chi connectivity index (χ1) is 9.99. The molecular formula is C15H20ClN3O2. The van der Waals surface area contributed by atoms with Crippen molar-refractivity contribution in [2.24, 2.45) is 0 Å². The first-order valence-corrected chi connectivity index (χ1v) is 7.43. The zero-order chi connectivity index (χ0) is 15.4. The van der Waals surface area contributed by atoms with Crippen LogP contribution in [0.1, 0.15) is 39.1 Å². The lowest BCUT2D eigenvalue weighted by atomic mass is 10.3. The van der Waals surface area contributed by atoms with Crippen molar-refractivity contribution in [3.63, 3.8) is 0 Å². The van der Waals surface area contributed by atoms with Crippen molar-refractivity contribution in [1.29, 1.82) is 0 Å². The predicted molar refractivity (Wildman–Crippen MR) is 83.4 cm³/mol. The van der Waals surface area contributed by atoms with E-state index in [0.717, 1.165) is 17.5 Å². The molecule has 0 aliphatic heterocycles. The minimum absolute atomic E-state index is 0.0609. The highest BCUT2D eigenvalue weighted by Gasteiger charge is 2.14. The first kappa shape index (κ1) is 15.8. The number of imidazole rings is 1. The average Bonchev–Trinajstić information content (AvgIpc) is 2.87. The Labute approximate surface area is 129 Å². The minimum Gasteiger partial charge on any atom is -0.369 e. The molecule has 0 spiro atoms. The molecule has 1 aromatic heterocycles. The van der Waals surface area contributed by atoms with Crippen LogP contribution in [-0.4, -0.2) is 28.6 Å². The Hall–Kier alpha value is -1.59. The number of nitrogens with one attached hydrogen (secondary N) is 2. The molecule has 0 radical (unpaired) electrons. The number of ether oxygens (including phenoxy) is 1. The van der Waals surface area contributed by atoms with E-state index >= 15 is 0 Å². The number of amides is 1. The number of hydrogen-bond donors (Lipinski definition) is 2. The third kappa shape index (κ3) is 4.19. The fourth-order valence-electron chi connectivity index (χ4n) is 1.89. The van der Waals surface area contributed by atoms with E-state index in [1.165, 1.54) is 0 Å². The average molecular weight is 310 g/mol. The van der Waals surface area contributed by atoms with E-state index in [-0.39, 0.29) is 24.7 Å². The van der Waals surface area contributed by atoms with E-state index in [9.17, 15) is 4.79 Å². The molecule has 2 rings (SSSR count). The highest BCUT2D eigenvalue weighted by Crippen LogP contribution is 2.19. The lowest BCUT2D eigenvalue weighted by Crippen LogP contribution is -2.31. The summed E-state index contributed by atoms with van der Waals surface area (Å²) >= 11 is 5.94. The molecule has 6 heteroatoms.